The number of aliphatic hydroxyl groups excluding tert-OH is 1. The molecule has 6 heteroatoms. The summed E-state index contributed by atoms with van der Waals surface area (Å²) in [6, 6.07) is 24.9. The van der Waals surface area contributed by atoms with Gasteiger partial charge in [0.25, 0.3) is 0 Å². The molecule has 35 heavy (non-hydrogen) atoms. The molecular formula is C29H33N3O3. The van der Waals surface area contributed by atoms with Gasteiger partial charge < -0.3 is 19.9 Å². The van der Waals surface area contributed by atoms with Gasteiger partial charge in [-0.25, -0.2) is 4.98 Å². The van der Waals surface area contributed by atoms with Crippen molar-refractivity contribution in [3.8, 4) is 16.9 Å². The van der Waals surface area contributed by atoms with Crippen molar-refractivity contribution in [1.82, 2.24) is 9.55 Å². The van der Waals surface area contributed by atoms with Gasteiger partial charge in [-0.15, -0.1) is 0 Å². The molecule has 5 rings (SSSR count). The quantitative estimate of drug-likeness (QED) is 0.271. The van der Waals surface area contributed by atoms with Gasteiger partial charge in [0.05, 0.1) is 30.4 Å². The molecule has 3 aromatic carbocycles. The lowest BCUT2D eigenvalue weighted by atomic mass is 10.0. The Morgan fingerprint density at radius 1 is 1.06 bits per heavy atom. The second-order valence-electron chi connectivity index (χ2n) is 9.02. The number of aromatic nitrogens is 2. The zero-order valence-corrected chi connectivity index (χ0v) is 20.2. The van der Waals surface area contributed by atoms with E-state index in [1.807, 2.05) is 24.3 Å². The van der Waals surface area contributed by atoms with E-state index < -0.39 is 0 Å². The summed E-state index contributed by atoms with van der Waals surface area (Å²) in [4.78, 5) is 4.85. The minimum Gasteiger partial charge on any atom is -0.493 e. The van der Waals surface area contributed by atoms with E-state index in [9.17, 15) is 5.11 Å². The first-order chi connectivity index (χ1) is 17.3. The summed E-state index contributed by atoms with van der Waals surface area (Å²) < 4.78 is 14.4. The second-order valence-corrected chi connectivity index (χ2v) is 9.02. The SMILES string of the molecule is CCCCOc1cc(CNc2nc3ccccc3n2[C@H]2CC[C@@H](CO)O2)ccc1-c1ccccc1. The van der Waals surface area contributed by atoms with Crippen molar-refractivity contribution in [3.05, 3.63) is 78.4 Å². The van der Waals surface area contributed by atoms with Gasteiger partial charge >= 0.3 is 0 Å². The molecule has 0 spiro atoms. The highest BCUT2D eigenvalue weighted by atomic mass is 16.5. The van der Waals surface area contributed by atoms with Crippen molar-refractivity contribution in [2.75, 3.05) is 18.5 Å². The van der Waals surface area contributed by atoms with Crippen LogP contribution in [0.15, 0.2) is 72.8 Å². The summed E-state index contributed by atoms with van der Waals surface area (Å²) in [7, 11) is 0. The number of benzene rings is 3. The van der Waals surface area contributed by atoms with Crippen LogP contribution in [-0.2, 0) is 11.3 Å². The number of nitrogens with zero attached hydrogens (tertiary/aromatic N) is 2. The monoisotopic (exact) mass is 471 g/mol. The number of para-hydroxylation sites is 2. The normalized spacial score (nSPS) is 17.7. The fraction of sp³-hybridized carbons (Fsp3) is 0.345. The molecule has 0 aliphatic carbocycles. The van der Waals surface area contributed by atoms with E-state index in [0.29, 0.717) is 13.2 Å². The first-order valence-corrected chi connectivity index (χ1v) is 12.5. The minimum atomic E-state index is -0.143. The lowest BCUT2D eigenvalue weighted by molar-refractivity contribution is -0.0195. The first kappa shape index (κ1) is 23.4. The highest BCUT2D eigenvalue weighted by Gasteiger charge is 2.29. The van der Waals surface area contributed by atoms with Crippen LogP contribution in [0.4, 0.5) is 5.95 Å². The Balaban J connectivity index is 1.40. The molecule has 2 heterocycles. The van der Waals surface area contributed by atoms with E-state index in [1.165, 1.54) is 0 Å². The molecule has 6 nitrogen and oxygen atoms in total. The van der Waals surface area contributed by atoms with E-state index in [-0.39, 0.29) is 18.9 Å². The molecule has 4 aromatic rings. The number of rotatable bonds is 10. The molecule has 0 unspecified atom stereocenters. The van der Waals surface area contributed by atoms with Crippen molar-refractivity contribution in [2.24, 2.45) is 0 Å². The fourth-order valence-corrected chi connectivity index (χ4v) is 4.63. The number of nitrogens with one attached hydrogen (secondary N) is 1. The van der Waals surface area contributed by atoms with E-state index in [2.05, 4.69) is 65.3 Å². The number of aliphatic hydroxyl groups is 1. The predicted molar refractivity (Wildman–Crippen MR) is 140 cm³/mol. The van der Waals surface area contributed by atoms with Gasteiger partial charge in [-0.3, -0.25) is 4.57 Å². The molecule has 2 N–H and O–H groups in total. The number of ether oxygens (including phenoxy) is 2. The van der Waals surface area contributed by atoms with E-state index in [0.717, 1.165) is 65.1 Å². The van der Waals surface area contributed by atoms with Gasteiger partial charge in [-0.05, 0) is 48.6 Å². The van der Waals surface area contributed by atoms with Crippen molar-refractivity contribution >= 4 is 17.0 Å². The molecule has 0 bridgehead atoms. The molecule has 0 radical (unpaired) electrons. The van der Waals surface area contributed by atoms with Crippen molar-refractivity contribution in [3.63, 3.8) is 0 Å². The van der Waals surface area contributed by atoms with Crippen LogP contribution in [0.25, 0.3) is 22.2 Å². The summed E-state index contributed by atoms with van der Waals surface area (Å²) in [6.45, 7) is 3.53. The summed E-state index contributed by atoms with van der Waals surface area (Å²) in [5, 5.41) is 13.1. The maximum absolute atomic E-state index is 9.55. The molecular weight excluding hydrogens is 438 g/mol. The molecule has 1 aliphatic heterocycles. The van der Waals surface area contributed by atoms with Crippen molar-refractivity contribution in [1.29, 1.82) is 0 Å². The van der Waals surface area contributed by atoms with Gasteiger partial charge in [0.1, 0.15) is 12.0 Å². The van der Waals surface area contributed by atoms with Crippen LogP contribution in [0.5, 0.6) is 5.75 Å². The zero-order valence-electron chi connectivity index (χ0n) is 20.2. The molecule has 0 saturated carbocycles. The Morgan fingerprint density at radius 2 is 1.89 bits per heavy atom. The number of imidazole rings is 1. The second kappa shape index (κ2) is 10.9. The summed E-state index contributed by atoms with van der Waals surface area (Å²) in [6.07, 6.45) is 3.54. The molecule has 0 amide bonds. The minimum absolute atomic E-state index is 0.0421. The Labute approximate surface area is 206 Å². The Hall–Kier alpha value is -3.35. The lowest BCUT2D eigenvalue weighted by Crippen LogP contribution is -2.16. The number of hydrogen-bond acceptors (Lipinski definition) is 5. The van der Waals surface area contributed by atoms with Crippen LogP contribution in [0.3, 0.4) is 0 Å². The smallest absolute Gasteiger partial charge is 0.206 e. The fourth-order valence-electron chi connectivity index (χ4n) is 4.63. The first-order valence-electron chi connectivity index (χ1n) is 12.5. The molecule has 1 aliphatic rings. The average Bonchev–Trinajstić information content (AvgIpc) is 3.52. The molecule has 2 atom stereocenters. The van der Waals surface area contributed by atoms with Crippen LogP contribution < -0.4 is 10.1 Å². The molecule has 1 saturated heterocycles. The third kappa shape index (κ3) is 5.19. The summed E-state index contributed by atoms with van der Waals surface area (Å²) in [5.74, 6) is 1.68. The van der Waals surface area contributed by atoms with Gasteiger partial charge in [-0.1, -0.05) is 67.9 Å². The van der Waals surface area contributed by atoms with Crippen LogP contribution >= 0.6 is 0 Å². The number of fused-ring (bicyclic) bond motifs is 1. The zero-order chi connectivity index (χ0) is 24.0. The van der Waals surface area contributed by atoms with Crippen molar-refractivity contribution < 1.29 is 14.6 Å². The Morgan fingerprint density at radius 3 is 2.69 bits per heavy atom. The maximum Gasteiger partial charge on any atom is 0.206 e. The Bertz CT molecular complexity index is 1250. The van der Waals surface area contributed by atoms with Gasteiger partial charge in [0.2, 0.25) is 5.95 Å². The largest absolute Gasteiger partial charge is 0.493 e. The van der Waals surface area contributed by atoms with Gasteiger partial charge in [-0.2, -0.15) is 0 Å². The third-order valence-corrected chi connectivity index (χ3v) is 6.51. The number of unbranched alkanes of at least 4 members (excludes halogenated alkanes) is 1. The predicted octanol–water partition coefficient (Wildman–Crippen LogP) is 6.16. The summed E-state index contributed by atoms with van der Waals surface area (Å²) >= 11 is 0. The van der Waals surface area contributed by atoms with Crippen molar-refractivity contribution in [2.45, 2.75) is 51.5 Å². The Kier molecular flexibility index (Phi) is 7.31. The average molecular weight is 472 g/mol. The van der Waals surface area contributed by atoms with Gasteiger partial charge in [0, 0.05) is 12.1 Å². The van der Waals surface area contributed by atoms with Gasteiger partial charge in [0.15, 0.2) is 0 Å². The number of hydrogen-bond donors (Lipinski definition) is 2. The maximum atomic E-state index is 9.55. The standard InChI is InChI=1S/C29H33N3O3/c1-2-3-17-34-27-18-21(13-15-24(27)22-9-5-4-6-10-22)19-30-29-31-25-11-7-8-12-26(25)32(29)28-16-14-23(20-33)35-28/h4-13,15,18,23,28,33H,2-3,14,16-17,19-20H2,1H3,(H,30,31)/t23-,28+/m0/s1. The van der Waals surface area contributed by atoms with E-state index >= 15 is 0 Å². The van der Waals surface area contributed by atoms with Crippen LogP contribution in [0.1, 0.15) is 44.4 Å². The molecule has 182 valence electrons. The van der Waals surface area contributed by atoms with Crippen LogP contribution in [0, 0.1) is 0 Å². The molecule has 1 fully saturated rings. The highest BCUT2D eigenvalue weighted by Crippen LogP contribution is 2.35. The third-order valence-electron chi connectivity index (χ3n) is 6.51. The molecule has 1 aromatic heterocycles. The van der Waals surface area contributed by atoms with E-state index in [4.69, 9.17) is 14.5 Å². The van der Waals surface area contributed by atoms with Crippen LogP contribution in [0.2, 0.25) is 0 Å². The topological polar surface area (TPSA) is 68.5 Å². The summed E-state index contributed by atoms with van der Waals surface area (Å²) in [5.41, 5.74) is 5.33. The highest BCUT2D eigenvalue weighted by molar-refractivity contribution is 5.79. The lowest BCUT2D eigenvalue weighted by Gasteiger charge is -2.18. The number of anilines is 1. The van der Waals surface area contributed by atoms with E-state index in [1.54, 1.807) is 0 Å². The van der Waals surface area contributed by atoms with Crippen LogP contribution in [-0.4, -0.2) is 34.0 Å².